The van der Waals surface area contributed by atoms with Crippen molar-refractivity contribution >= 4 is 27.5 Å². The topological polar surface area (TPSA) is 13.1 Å². The van der Waals surface area contributed by atoms with Crippen molar-refractivity contribution in [1.82, 2.24) is 0 Å². The van der Waals surface area contributed by atoms with Crippen LogP contribution in [0, 0.1) is 5.41 Å². The molecule has 2 aliphatic carbocycles. The molecule has 1 aromatic heterocycles. The highest BCUT2D eigenvalue weighted by atomic mass is 16.3. The van der Waals surface area contributed by atoms with Crippen LogP contribution in [0.1, 0.15) is 38.8 Å². The summed E-state index contributed by atoms with van der Waals surface area (Å²) in [5.74, 6) is 0. The van der Waals surface area contributed by atoms with Crippen LogP contribution in [0.2, 0.25) is 0 Å². The molecule has 0 saturated carbocycles. The molecule has 0 bridgehead atoms. The first kappa shape index (κ1) is 18.4. The minimum absolute atomic E-state index is 0.0438. The fourth-order valence-electron chi connectivity index (χ4n) is 5.24. The lowest BCUT2D eigenvalue weighted by Crippen LogP contribution is -2.16. The zero-order chi connectivity index (χ0) is 21.4. The average molecular weight is 403 g/mol. The van der Waals surface area contributed by atoms with Crippen molar-refractivity contribution < 1.29 is 4.42 Å². The molecule has 0 N–H and O–H groups in total. The van der Waals surface area contributed by atoms with Crippen molar-refractivity contribution in [3.8, 4) is 11.1 Å². The minimum atomic E-state index is -0.0813. The van der Waals surface area contributed by atoms with E-state index in [1.165, 1.54) is 44.2 Å². The number of furan rings is 1. The van der Waals surface area contributed by atoms with Crippen LogP contribution in [0.4, 0.5) is 0 Å². The van der Waals surface area contributed by atoms with E-state index in [1.54, 1.807) is 0 Å². The molecule has 1 heterocycles. The van der Waals surface area contributed by atoms with Crippen molar-refractivity contribution in [2.45, 2.75) is 33.1 Å². The maximum absolute atomic E-state index is 6.52. The molecule has 0 radical (unpaired) electrons. The third kappa shape index (κ3) is 2.56. The zero-order valence-corrected chi connectivity index (χ0v) is 18.5. The van der Waals surface area contributed by atoms with Gasteiger partial charge in [0.2, 0.25) is 0 Å². The molecular weight excluding hydrogens is 376 g/mol. The van der Waals surface area contributed by atoms with Crippen LogP contribution in [0.15, 0.2) is 95.0 Å². The van der Waals surface area contributed by atoms with Crippen molar-refractivity contribution in [3.63, 3.8) is 0 Å². The van der Waals surface area contributed by atoms with E-state index < -0.39 is 0 Å². The number of para-hydroxylation sites is 1. The first-order chi connectivity index (χ1) is 14.9. The van der Waals surface area contributed by atoms with Gasteiger partial charge in [0.25, 0.3) is 0 Å². The quantitative estimate of drug-likeness (QED) is 0.311. The largest absolute Gasteiger partial charge is 0.455 e. The average Bonchev–Trinajstić information content (AvgIpc) is 3.17. The molecule has 0 spiro atoms. The first-order valence-electron chi connectivity index (χ1n) is 11.0. The van der Waals surface area contributed by atoms with Crippen LogP contribution in [-0.4, -0.2) is 0 Å². The fraction of sp³-hybridized carbons (Fsp3) is 0.200. The van der Waals surface area contributed by atoms with Gasteiger partial charge in [0.15, 0.2) is 0 Å². The summed E-state index contributed by atoms with van der Waals surface area (Å²) in [6, 6.07) is 21.4. The minimum Gasteiger partial charge on any atom is -0.455 e. The molecule has 3 aromatic carbocycles. The number of hydrogen-bond acceptors (Lipinski definition) is 1. The summed E-state index contributed by atoms with van der Waals surface area (Å²) in [7, 11) is 0. The first-order valence-corrected chi connectivity index (χ1v) is 11.0. The van der Waals surface area contributed by atoms with Crippen molar-refractivity contribution in [2.75, 3.05) is 0 Å². The third-order valence-corrected chi connectivity index (χ3v) is 7.00. The molecule has 152 valence electrons. The summed E-state index contributed by atoms with van der Waals surface area (Å²) in [5, 5.41) is 2.43. The molecule has 2 aliphatic rings. The molecule has 0 saturated heterocycles. The van der Waals surface area contributed by atoms with E-state index in [9.17, 15) is 0 Å². The van der Waals surface area contributed by atoms with Crippen LogP contribution in [0.25, 0.3) is 38.6 Å². The predicted octanol–water partition coefficient (Wildman–Crippen LogP) is 8.45. The number of allylic oxidation sites excluding steroid dienone is 6. The Bertz CT molecular complexity index is 1450. The molecular formula is C30H26O. The van der Waals surface area contributed by atoms with Crippen LogP contribution in [0.5, 0.6) is 0 Å². The Morgan fingerprint density at radius 1 is 0.774 bits per heavy atom. The Balaban J connectivity index is 1.79. The van der Waals surface area contributed by atoms with Crippen LogP contribution in [-0.2, 0) is 5.41 Å². The van der Waals surface area contributed by atoms with E-state index >= 15 is 0 Å². The predicted molar refractivity (Wildman–Crippen MR) is 131 cm³/mol. The van der Waals surface area contributed by atoms with E-state index in [4.69, 9.17) is 4.42 Å². The van der Waals surface area contributed by atoms with Gasteiger partial charge in [0.1, 0.15) is 11.2 Å². The van der Waals surface area contributed by atoms with E-state index in [0.29, 0.717) is 0 Å². The van der Waals surface area contributed by atoms with Gasteiger partial charge in [-0.05, 0) is 40.0 Å². The molecule has 4 aromatic rings. The zero-order valence-electron chi connectivity index (χ0n) is 18.5. The van der Waals surface area contributed by atoms with Gasteiger partial charge in [-0.2, -0.15) is 0 Å². The molecule has 0 atom stereocenters. The SMILES string of the molecule is CC1(C)C=CC2=C(C=C1)C(C)(C)c1cc(-c3ccccc3)c3oc4ccccc4c3c12. The molecule has 1 nitrogen and oxygen atoms in total. The smallest absolute Gasteiger partial charge is 0.143 e. The number of benzene rings is 3. The van der Waals surface area contributed by atoms with E-state index in [-0.39, 0.29) is 10.8 Å². The lowest BCUT2D eigenvalue weighted by Gasteiger charge is -2.24. The molecule has 0 fully saturated rings. The summed E-state index contributed by atoms with van der Waals surface area (Å²) in [5.41, 5.74) is 9.69. The second-order valence-corrected chi connectivity index (χ2v) is 9.96. The van der Waals surface area contributed by atoms with Gasteiger partial charge < -0.3 is 4.42 Å². The van der Waals surface area contributed by atoms with E-state index in [0.717, 1.165) is 11.2 Å². The Labute approximate surface area is 183 Å². The molecule has 0 aliphatic heterocycles. The summed E-state index contributed by atoms with van der Waals surface area (Å²) in [4.78, 5) is 0. The van der Waals surface area contributed by atoms with Gasteiger partial charge in [0.05, 0.1) is 0 Å². The lowest BCUT2D eigenvalue weighted by molar-refractivity contribution is 0.619. The Morgan fingerprint density at radius 3 is 2.29 bits per heavy atom. The van der Waals surface area contributed by atoms with Gasteiger partial charge in [-0.25, -0.2) is 0 Å². The van der Waals surface area contributed by atoms with Gasteiger partial charge in [-0.15, -0.1) is 0 Å². The molecule has 31 heavy (non-hydrogen) atoms. The summed E-state index contributed by atoms with van der Waals surface area (Å²) < 4.78 is 6.52. The lowest BCUT2D eigenvalue weighted by atomic mass is 9.79. The standard InChI is InChI=1S/C30H26O/c1-29(2)16-14-20-23(15-17-29)30(3,4)24-18-22(19-10-6-5-7-11-19)28-27(26(20)24)21-12-8-9-13-25(21)31-28/h5-18H,1-4H3. The van der Waals surface area contributed by atoms with Crippen LogP contribution >= 0.6 is 0 Å². The Kier molecular flexibility index (Phi) is 3.63. The van der Waals surface area contributed by atoms with Gasteiger partial charge in [0, 0.05) is 27.2 Å². The number of hydrogen-bond donors (Lipinski definition) is 0. The van der Waals surface area contributed by atoms with E-state index in [1.807, 2.05) is 0 Å². The summed E-state index contributed by atoms with van der Waals surface area (Å²) >= 11 is 0. The highest BCUT2D eigenvalue weighted by molar-refractivity contribution is 6.17. The monoisotopic (exact) mass is 402 g/mol. The van der Waals surface area contributed by atoms with Crippen molar-refractivity contribution in [2.24, 2.45) is 5.41 Å². The highest BCUT2D eigenvalue weighted by Gasteiger charge is 2.39. The van der Waals surface area contributed by atoms with Crippen LogP contribution in [0.3, 0.4) is 0 Å². The Morgan fingerprint density at radius 2 is 1.48 bits per heavy atom. The molecule has 6 rings (SSSR count). The summed E-state index contributed by atoms with van der Waals surface area (Å²) in [6.45, 7) is 9.23. The second kappa shape index (κ2) is 6.11. The highest BCUT2D eigenvalue weighted by Crippen LogP contribution is 2.54. The van der Waals surface area contributed by atoms with Crippen molar-refractivity contribution in [3.05, 3.63) is 102 Å². The number of fused-ring (bicyclic) bond motifs is 6. The van der Waals surface area contributed by atoms with Crippen molar-refractivity contribution in [1.29, 1.82) is 0 Å². The normalized spacial score (nSPS) is 18.5. The third-order valence-electron chi connectivity index (χ3n) is 7.00. The summed E-state index contributed by atoms with van der Waals surface area (Å²) in [6.07, 6.45) is 9.36. The van der Waals surface area contributed by atoms with Gasteiger partial charge in [-0.3, -0.25) is 0 Å². The molecule has 1 heteroatoms. The van der Waals surface area contributed by atoms with Gasteiger partial charge >= 0.3 is 0 Å². The number of rotatable bonds is 1. The molecule has 0 unspecified atom stereocenters. The van der Waals surface area contributed by atoms with E-state index in [2.05, 4.69) is 113 Å². The maximum Gasteiger partial charge on any atom is 0.143 e. The second-order valence-electron chi connectivity index (χ2n) is 9.96. The fourth-order valence-corrected chi connectivity index (χ4v) is 5.24. The molecule has 0 amide bonds. The van der Waals surface area contributed by atoms with Gasteiger partial charge in [-0.1, -0.05) is 101 Å². The Hall–Kier alpha value is -3.32. The maximum atomic E-state index is 6.52. The van der Waals surface area contributed by atoms with Crippen LogP contribution < -0.4 is 0 Å².